The number of hydrogen-bond acceptors (Lipinski definition) is 4. The molecule has 1 unspecified atom stereocenters. The number of nitrogens with zero attached hydrogens (tertiary/aromatic N) is 3. The third-order valence-electron chi connectivity index (χ3n) is 2.58. The summed E-state index contributed by atoms with van der Waals surface area (Å²) in [5, 5.41) is 3.20. The largest absolute Gasteiger partial charge is 0.390 e. The molecule has 1 fully saturated rings. The monoisotopic (exact) mass is 280 g/mol. The van der Waals surface area contributed by atoms with E-state index in [2.05, 4.69) is 26.4 Å². The van der Waals surface area contributed by atoms with Crippen molar-refractivity contribution in [2.75, 3.05) is 25.0 Å². The molecule has 1 radical (unpaired) electrons. The van der Waals surface area contributed by atoms with Crippen LogP contribution in [0.2, 0.25) is 0 Å². The van der Waals surface area contributed by atoms with Gasteiger partial charge in [-0.25, -0.2) is 0 Å². The molecule has 0 spiro atoms. The van der Waals surface area contributed by atoms with Crippen molar-refractivity contribution in [3.63, 3.8) is 0 Å². The summed E-state index contributed by atoms with van der Waals surface area (Å²) in [7, 11) is 1.98. The first-order chi connectivity index (χ1) is 6.92. The van der Waals surface area contributed by atoms with Crippen LogP contribution < -0.4 is 10.2 Å². The van der Waals surface area contributed by atoms with E-state index in [1.54, 1.807) is 12.3 Å². The molecule has 0 amide bonds. The number of aromatic nitrogens is 2. The van der Waals surface area contributed by atoms with Gasteiger partial charge < -0.3 is 20.2 Å². The number of hydrogen-bond donors (Lipinski definition) is 1. The Morgan fingerprint density at radius 2 is 2.53 bits per heavy atom. The molecule has 1 N–H and O–H groups in total. The summed E-state index contributed by atoms with van der Waals surface area (Å²) >= 11 is 0. The first-order valence-electron chi connectivity index (χ1n) is 5.02. The van der Waals surface area contributed by atoms with Crippen LogP contribution in [0.3, 0.4) is 0 Å². The Morgan fingerprint density at radius 3 is 3.20 bits per heavy atom. The molecule has 5 heteroatoms. The molecule has 79 valence electrons. The summed E-state index contributed by atoms with van der Waals surface area (Å²) in [6.45, 7) is 2.06. The molecule has 0 bridgehead atoms. The molecule has 1 saturated heterocycles. The summed E-state index contributed by atoms with van der Waals surface area (Å²) in [6, 6.07) is 2.27. The minimum atomic E-state index is 0. The van der Waals surface area contributed by atoms with E-state index >= 15 is 0 Å². The van der Waals surface area contributed by atoms with E-state index < -0.39 is 0 Å². The molecular formula is C10H15N4Y-. The van der Waals surface area contributed by atoms with Gasteiger partial charge >= 0.3 is 0 Å². The van der Waals surface area contributed by atoms with E-state index in [1.165, 1.54) is 12.8 Å². The molecule has 0 aromatic carbocycles. The van der Waals surface area contributed by atoms with E-state index in [-0.39, 0.29) is 32.7 Å². The Bertz CT molecular complexity index is 280. The van der Waals surface area contributed by atoms with Crippen molar-refractivity contribution in [1.82, 2.24) is 15.3 Å². The molecule has 1 aliphatic rings. The molecule has 1 aromatic rings. The van der Waals surface area contributed by atoms with Crippen molar-refractivity contribution < 1.29 is 32.7 Å². The Kier molecular flexibility index (Phi) is 5.65. The number of rotatable bonds is 3. The van der Waals surface area contributed by atoms with Gasteiger partial charge in [-0.3, -0.25) is 0 Å². The minimum Gasteiger partial charge on any atom is -0.390 e. The second kappa shape index (κ2) is 6.51. The summed E-state index contributed by atoms with van der Waals surface area (Å²) in [5.41, 5.74) is 0. The topological polar surface area (TPSA) is 41.0 Å². The summed E-state index contributed by atoms with van der Waals surface area (Å²) < 4.78 is 0. The normalized spacial score (nSPS) is 20.1. The van der Waals surface area contributed by atoms with Crippen LogP contribution in [0, 0.1) is 6.20 Å². The average molecular weight is 280 g/mol. The number of likely N-dealkylation sites (N-methyl/N-ethyl adjacent to an activating group) is 1. The summed E-state index contributed by atoms with van der Waals surface area (Å²) in [5.74, 6) is 0.810. The predicted octanol–water partition coefficient (Wildman–Crippen LogP) is 0.462. The Hall–Kier alpha value is -0.0561. The van der Waals surface area contributed by atoms with E-state index in [1.807, 2.05) is 7.05 Å². The molecule has 1 atom stereocenters. The summed E-state index contributed by atoms with van der Waals surface area (Å²) in [6.07, 6.45) is 7.02. The van der Waals surface area contributed by atoms with E-state index in [0.29, 0.717) is 6.04 Å². The molecule has 0 saturated carbocycles. The van der Waals surface area contributed by atoms with Gasteiger partial charge in [0.1, 0.15) is 5.95 Å². The van der Waals surface area contributed by atoms with Crippen molar-refractivity contribution in [1.29, 1.82) is 0 Å². The maximum Gasteiger partial charge on any atom is 0.109 e. The molecule has 1 aliphatic heterocycles. The van der Waals surface area contributed by atoms with Crippen molar-refractivity contribution in [2.24, 2.45) is 0 Å². The van der Waals surface area contributed by atoms with Crippen molar-refractivity contribution in [3.8, 4) is 0 Å². The fraction of sp³-hybridized carbons (Fsp3) is 0.600. The first-order valence-corrected chi connectivity index (χ1v) is 5.02. The third kappa shape index (κ3) is 3.20. The van der Waals surface area contributed by atoms with E-state index in [9.17, 15) is 0 Å². The number of nitrogens with one attached hydrogen (secondary N) is 1. The molecular weight excluding hydrogens is 265 g/mol. The minimum absolute atomic E-state index is 0. The Labute approximate surface area is 116 Å². The second-order valence-electron chi connectivity index (χ2n) is 3.53. The molecule has 4 nitrogen and oxygen atoms in total. The van der Waals surface area contributed by atoms with Gasteiger partial charge in [0.15, 0.2) is 0 Å². The fourth-order valence-corrected chi connectivity index (χ4v) is 1.95. The zero-order valence-corrected chi connectivity index (χ0v) is 11.8. The van der Waals surface area contributed by atoms with Crippen molar-refractivity contribution in [3.05, 3.63) is 18.5 Å². The first kappa shape index (κ1) is 13.0. The molecule has 2 rings (SSSR count). The van der Waals surface area contributed by atoms with Crippen LogP contribution in [-0.2, 0) is 32.7 Å². The van der Waals surface area contributed by atoms with E-state index in [4.69, 9.17) is 0 Å². The Balaban J connectivity index is 0.00000112. The smallest absolute Gasteiger partial charge is 0.109 e. The molecule has 15 heavy (non-hydrogen) atoms. The molecule has 1 aromatic heterocycles. The van der Waals surface area contributed by atoms with Gasteiger partial charge in [-0.2, -0.15) is 0 Å². The number of anilines is 1. The molecule has 0 aliphatic carbocycles. The van der Waals surface area contributed by atoms with Gasteiger partial charge in [0, 0.05) is 51.8 Å². The zero-order valence-electron chi connectivity index (χ0n) is 8.98. The van der Waals surface area contributed by atoms with Gasteiger partial charge in [0.2, 0.25) is 0 Å². The van der Waals surface area contributed by atoms with Gasteiger partial charge in [0.05, 0.1) is 0 Å². The van der Waals surface area contributed by atoms with Crippen LogP contribution in [0.1, 0.15) is 12.8 Å². The van der Waals surface area contributed by atoms with Crippen LogP contribution in [0.5, 0.6) is 0 Å². The van der Waals surface area contributed by atoms with Gasteiger partial charge in [-0.15, -0.1) is 6.07 Å². The van der Waals surface area contributed by atoms with Gasteiger partial charge in [-0.05, 0) is 19.9 Å². The van der Waals surface area contributed by atoms with Crippen molar-refractivity contribution >= 4 is 5.95 Å². The van der Waals surface area contributed by atoms with Crippen LogP contribution in [0.15, 0.2) is 12.3 Å². The van der Waals surface area contributed by atoms with E-state index in [0.717, 1.165) is 19.0 Å². The van der Waals surface area contributed by atoms with Crippen LogP contribution in [-0.4, -0.2) is 36.1 Å². The fourth-order valence-electron chi connectivity index (χ4n) is 1.95. The van der Waals surface area contributed by atoms with Crippen molar-refractivity contribution in [2.45, 2.75) is 18.9 Å². The maximum absolute atomic E-state index is 4.25. The van der Waals surface area contributed by atoms with Gasteiger partial charge in [0.25, 0.3) is 0 Å². The van der Waals surface area contributed by atoms with Crippen LogP contribution in [0.25, 0.3) is 0 Å². The average Bonchev–Trinajstić information content (AvgIpc) is 2.68. The van der Waals surface area contributed by atoms with Crippen LogP contribution >= 0.6 is 0 Å². The predicted molar refractivity (Wildman–Crippen MR) is 55.2 cm³/mol. The van der Waals surface area contributed by atoms with Crippen LogP contribution in [0.4, 0.5) is 5.95 Å². The quantitative estimate of drug-likeness (QED) is 0.817. The third-order valence-corrected chi connectivity index (χ3v) is 2.58. The summed E-state index contributed by atoms with van der Waals surface area (Å²) in [4.78, 5) is 10.7. The molecule has 2 heterocycles. The standard InChI is InChI=1S/C10H15N4.Y/c1-11-8-9-4-2-7-14(9)10-12-5-3-6-13-10;/h3,5,9,11H,2,4,7-8H2,1H3;/q-1;. The maximum atomic E-state index is 4.25. The van der Waals surface area contributed by atoms with Gasteiger partial charge in [-0.1, -0.05) is 12.4 Å². The second-order valence-corrected chi connectivity index (χ2v) is 3.53. The zero-order chi connectivity index (χ0) is 9.80. The SMILES string of the molecule is CNCC1CCCN1c1n[c-]ccn1.[Y]. The Morgan fingerprint density at radius 1 is 1.67 bits per heavy atom.